The normalized spacial score (nSPS) is 11.6. The molecule has 0 bridgehead atoms. The van der Waals surface area contributed by atoms with Crippen LogP contribution in [-0.4, -0.2) is 15.0 Å². The molecule has 3 aromatic heterocycles. The third-order valence-electron chi connectivity index (χ3n) is 9.36. The molecular weight excluding hydrogens is 631 g/mol. The van der Waals surface area contributed by atoms with Gasteiger partial charge in [0.05, 0.1) is 0 Å². The van der Waals surface area contributed by atoms with E-state index in [1.807, 2.05) is 90.2 Å². The topological polar surface area (TPSA) is 51.8 Å². The number of fused-ring (bicyclic) bond motifs is 6. The molecule has 0 aliphatic carbocycles. The molecule has 4 nitrogen and oxygen atoms in total. The van der Waals surface area contributed by atoms with Crippen molar-refractivity contribution in [3.8, 4) is 56.4 Å². The van der Waals surface area contributed by atoms with Crippen molar-refractivity contribution in [2.24, 2.45) is 0 Å². The molecule has 0 saturated carbocycles. The average Bonchev–Trinajstić information content (AvgIpc) is 3.76. The summed E-state index contributed by atoms with van der Waals surface area (Å²) >= 11 is 1.83. The zero-order valence-corrected chi connectivity index (χ0v) is 27.6. The maximum Gasteiger partial charge on any atom is 0.164 e. The highest BCUT2D eigenvalue weighted by Crippen LogP contribution is 2.43. The van der Waals surface area contributed by atoms with Gasteiger partial charge in [-0.3, -0.25) is 0 Å². The molecule has 0 aliphatic heterocycles. The predicted molar refractivity (Wildman–Crippen MR) is 207 cm³/mol. The van der Waals surface area contributed by atoms with Crippen molar-refractivity contribution in [1.29, 1.82) is 0 Å². The van der Waals surface area contributed by atoms with Gasteiger partial charge in [-0.05, 0) is 52.6 Å². The first-order valence-corrected chi connectivity index (χ1v) is 17.4. The van der Waals surface area contributed by atoms with Gasteiger partial charge in [-0.1, -0.05) is 133 Å². The zero-order valence-electron chi connectivity index (χ0n) is 26.7. The summed E-state index contributed by atoms with van der Waals surface area (Å²) in [4.78, 5) is 15.4. The number of nitrogens with zero attached hydrogens (tertiary/aromatic N) is 3. The van der Waals surface area contributed by atoms with Crippen molar-refractivity contribution >= 4 is 53.4 Å². The number of aromatic nitrogens is 3. The van der Waals surface area contributed by atoms with Gasteiger partial charge in [0.25, 0.3) is 0 Å². The average molecular weight is 658 g/mol. The van der Waals surface area contributed by atoms with Crippen LogP contribution in [0.5, 0.6) is 0 Å². The largest absolute Gasteiger partial charge is 0.456 e. The first-order valence-electron chi connectivity index (χ1n) is 16.6. The first kappa shape index (κ1) is 28.6. The lowest BCUT2D eigenvalue weighted by Gasteiger charge is -2.15. The van der Waals surface area contributed by atoms with Crippen LogP contribution in [0.3, 0.4) is 0 Å². The van der Waals surface area contributed by atoms with Crippen LogP contribution in [0.2, 0.25) is 0 Å². The second-order valence-electron chi connectivity index (χ2n) is 12.4. The van der Waals surface area contributed by atoms with Crippen LogP contribution in [0, 0.1) is 0 Å². The van der Waals surface area contributed by atoms with Crippen molar-refractivity contribution in [3.63, 3.8) is 0 Å². The third kappa shape index (κ3) is 4.79. The van der Waals surface area contributed by atoms with Crippen LogP contribution in [0.1, 0.15) is 0 Å². The summed E-state index contributed by atoms with van der Waals surface area (Å²) in [5, 5.41) is 4.73. The summed E-state index contributed by atoms with van der Waals surface area (Å²) in [5.74, 6) is 1.87. The minimum absolute atomic E-state index is 0.613. The monoisotopic (exact) mass is 657 g/mol. The Kier molecular flexibility index (Phi) is 6.64. The third-order valence-corrected chi connectivity index (χ3v) is 10.5. The quantitative estimate of drug-likeness (QED) is 0.185. The Morgan fingerprint density at radius 2 is 0.960 bits per heavy atom. The molecule has 0 spiro atoms. The molecule has 234 valence electrons. The maximum atomic E-state index is 6.33. The van der Waals surface area contributed by atoms with Crippen LogP contribution >= 0.6 is 11.3 Å². The number of benzene rings is 7. The second-order valence-corrected chi connectivity index (χ2v) is 13.5. The van der Waals surface area contributed by atoms with Gasteiger partial charge >= 0.3 is 0 Å². The molecule has 10 rings (SSSR count). The number of furan rings is 1. The van der Waals surface area contributed by atoms with Crippen LogP contribution in [0.15, 0.2) is 168 Å². The van der Waals surface area contributed by atoms with Gasteiger partial charge in [0.15, 0.2) is 17.5 Å². The van der Waals surface area contributed by atoms with E-state index in [1.165, 1.54) is 20.2 Å². The fourth-order valence-electron chi connectivity index (χ4n) is 6.98. The van der Waals surface area contributed by atoms with E-state index >= 15 is 0 Å². The van der Waals surface area contributed by atoms with Gasteiger partial charge in [-0.15, -0.1) is 11.3 Å². The van der Waals surface area contributed by atoms with Gasteiger partial charge in [0.1, 0.15) is 11.2 Å². The number of para-hydroxylation sites is 1. The Morgan fingerprint density at radius 1 is 0.360 bits per heavy atom. The molecule has 0 fully saturated rings. The summed E-state index contributed by atoms with van der Waals surface area (Å²) in [6, 6.07) is 56.8. The number of rotatable bonds is 5. The summed E-state index contributed by atoms with van der Waals surface area (Å²) < 4.78 is 8.89. The smallest absolute Gasteiger partial charge is 0.164 e. The Labute approximate surface area is 292 Å². The lowest BCUT2D eigenvalue weighted by Crippen LogP contribution is -2.01. The van der Waals surface area contributed by atoms with E-state index in [-0.39, 0.29) is 0 Å². The minimum atomic E-state index is 0.613. The molecule has 10 aromatic rings. The van der Waals surface area contributed by atoms with Crippen molar-refractivity contribution in [3.05, 3.63) is 164 Å². The molecule has 0 saturated heterocycles. The Balaban J connectivity index is 1.25. The first-order chi connectivity index (χ1) is 24.8. The fourth-order valence-corrected chi connectivity index (χ4v) is 8.12. The van der Waals surface area contributed by atoms with Crippen LogP contribution in [-0.2, 0) is 0 Å². The zero-order chi connectivity index (χ0) is 33.0. The lowest BCUT2D eigenvalue weighted by atomic mass is 9.91. The van der Waals surface area contributed by atoms with Crippen LogP contribution in [0.25, 0.3) is 98.5 Å². The fraction of sp³-hybridized carbons (Fsp3) is 0. The molecule has 50 heavy (non-hydrogen) atoms. The van der Waals surface area contributed by atoms with Crippen molar-refractivity contribution < 1.29 is 4.42 Å². The van der Waals surface area contributed by atoms with E-state index in [1.54, 1.807) is 0 Å². The Bertz CT molecular complexity index is 2820. The number of thiophene rings is 1. The molecule has 3 heterocycles. The number of hydrogen-bond acceptors (Lipinski definition) is 5. The molecule has 0 amide bonds. The SMILES string of the molecule is c1ccc(-c2nc(-c3ccccc3)nc(-c3cc(-c4ccc5c(c4)sc4ccccc45)ccc3-c3cccc4oc5ccccc5c34)n2)cc1. The predicted octanol–water partition coefficient (Wildman–Crippen LogP) is 12.5. The molecule has 0 unspecified atom stereocenters. The lowest BCUT2D eigenvalue weighted by molar-refractivity contribution is 0.669. The minimum Gasteiger partial charge on any atom is -0.456 e. The molecular formula is C45H27N3OS. The van der Waals surface area contributed by atoms with Gasteiger partial charge in [-0.2, -0.15) is 0 Å². The standard InChI is InChI=1S/C45H27N3OS/c1-3-12-28(13-4-1)43-46-44(29-14-5-2-6-15-29)48-45(47-43)37-26-30(31-23-25-34-33-16-8-10-21-40(33)50-41(34)27-31)22-24-32(37)35-18-11-20-39-42(35)36-17-7-9-19-38(36)49-39/h1-27H. The molecule has 0 N–H and O–H groups in total. The van der Waals surface area contributed by atoms with Gasteiger partial charge < -0.3 is 4.42 Å². The highest BCUT2D eigenvalue weighted by molar-refractivity contribution is 7.25. The molecule has 5 heteroatoms. The van der Waals surface area contributed by atoms with E-state index in [2.05, 4.69) is 84.9 Å². The van der Waals surface area contributed by atoms with Gasteiger partial charge in [0.2, 0.25) is 0 Å². The summed E-state index contributed by atoms with van der Waals surface area (Å²) in [6.07, 6.45) is 0. The van der Waals surface area contributed by atoms with Gasteiger partial charge in [-0.25, -0.2) is 15.0 Å². The maximum absolute atomic E-state index is 6.33. The molecule has 0 atom stereocenters. The van der Waals surface area contributed by atoms with Crippen molar-refractivity contribution in [2.45, 2.75) is 0 Å². The van der Waals surface area contributed by atoms with Gasteiger partial charge in [0, 0.05) is 47.6 Å². The highest BCUT2D eigenvalue weighted by atomic mass is 32.1. The summed E-state index contributed by atoms with van der Waals surface area (Å²) in [5.41, 5.74) is 8.83. The van der Waals surface area contributed by atoms with Crippen molar-refractivity contribution in [1.82, 2.24) is 15.0 Å². The second kappa shape index (κ2) is 11.6. The summed E-state index contributed by atoms with van der Waals surface area (Å²) in [7, 11) is 0. The molecule has 0 aliphatic rings. The van der Waals surface area contributed by atoms with E-state index in [0.717, 1.165) is 60.9 Å². The van der Waals surface area contributed by atoms with E-state index in [4.69, 9.17) is 19.4 Å². The summed E-state index contributed by atoms with van der Waals surface area (Å²) in [6.45, 7) is 0. The number of hydrogen-bond donors (Lipinski definition) is 0. The van der Waals surface area contributed by atoms with Crippen LogP contribution in [0.4, 0.5) is 0 Å². The van der Waals surface area contributed by atoms with E-state index in [0.29, 0.717) is 17.5 Å². The van der Waals surface area contributed by atoms with Crippen molar-refractivity contribution in [2.75, 3.05) is 0 Å². The molecule has 0 radical (unpaired) electrons. The van der Waals surface area contributed by atoms with E-state index in [9.17, 15) is 0 Å². The Morgan fingerprint density at radius 3 is 1.74 bits per heavy atom. The van der Waals surface area contributed by atoms with E-state index < -0.39 is 0 Å². The molecule has 7 aromatic carbocycles. The Hall–Kier alpha value is -6.43. The van der Waals surface area contributed by atoms with Crippen LogP contribution < -0.4 is 0 Å². The highest BCUT2D eigenvalue weighted by Gasteiger charge is 2.20.